The molecule has 6 heteroatoms. The first-order valence-corrected chi connectivity index (χ1v) is 6.16. The molecule has 2 aromatic carbocycles. The van der Waals surface area contributed by atoms with Gasteiger partial charge in [-0.15, -0.1) is 0 Å². The first kappa shape index (κ1) is 14.8. The van der Waals surface area contributed by atoms with E-state index in [1.54, 1.807) is 31.3 Å². The lowest BCUT2D eigenvalue weighted by Gasteiger charge is -2.17. The van der Waals surface area contributed by atoms with Crippen molar-refractivity contribution in [3.05, 3.63) is 54.1 Å². The molecule has 0 aliphatic rings. The van der Waals surface area contributed by atoms with Crippen molar-refractivity contribution in [2.24, 2.45) is 0 Å². The van der Waals surface area contributed by atoms with Crippen molar-refractivity contribution in [2.45, 2.75) is 0 Å². The topological polar surface area (TPSA) is 55.6 Å². The average molecular weight is 292 g/mol. The maximum atomic E-state index is 13.0. The van der Waals surface area contributed by atoms with E-state index in [-0.39, 0.29) is 18.3 Å². The average Bonchev–Trinajstić information content (AvgIpc) is 2.44. The molecule has 0 fully saturated rings. The summed E-state index contributed by atoms with van der Waals surface area (Å²) in [5, 5.41) is 0. The van der Waals surface area contributed by atoms with Gasteiger partial charge < -0.3 is 15.4 Å². The molecule has 0 heterocycles. The molecule has 4 nitrogen and oxygen atoms in total. The normalized spacial score (nSPS) is 10.2. The van der Waals surface area contributed by atoms with Crippen molar-refractivity contribution in [3.8, 4) is 5.75 Å². The Kier molecular flexibility index (Phi) is 4.37. The van der Waals surface area contributed by atoms with Gasteiger partial charge in [-0.05, 0) is 24.3 Å². The van der Waals surface area contributed by atoms with Crippen molar-refractivity contribution in [2.75, 3.05) is 24.3 Å². The maximum Gasteiger partial charge on any atom is 0.264 e. The standard InChI is InChI=1S/C15H14F2N2O2/c1-19(13-4-2-12(18)3-5-13)15(20)9-21-14-7-10(16)6-11(17)8-14/h2-8H,9,18H2,1H3. The smallest absolute Gasteiger partial charge is 0.264 e. The molecule has 0 saturated heterocycles. The molecule has 21 heavy (non-hydrogen) atoms. The molecule has 0 spiro atoms. The van der Waals surface area contributed by atoms with Crippen LogP contribution in [0.5, 0.6) is 5.75 Å². The number of benzene rings is 2. The largest absolute Gasteiger partial charge is 0.484 e. The van der Waals surface area contributed by atoms with Gasteiger partial charge in [-0.3, -0.25) is 4.79 Å². The number of halogens is 2. The van der Waals surface area contributed by atoms with Crippen molar-refractivity contribution < 1.29 is 18.3 Å². The van der Waals surface area contributed by atoms with Gasteiger partial charge in [-0.2, -0.15) is 0 Å². The molecule has 0 unspecified atom stereocenters. The van der Waals surface area contributed by atoms with E-state index < -0.39 is 11.6 Å². The van der Waals surface area contributed by atoms with Crippen LogP contribution in [-0.4, -0.2) is 19.6 Å². The Balaban J connectivity index is 1.99. The van der Waals surface area contributed by atoms with Crippen LogP contribution in [0.3, 0.4) is 0 Å². The van der Waals surface area contributed by atoms with Crippen molar-refractivity contribution in [3.63, 3.8) is 0 Å². The zero-order valence-electron chi connectivity index (χ0n) is 11.3. The van der Waals surface area contributed by atoms with E-state index in [1.807, 2.05) is 0 Å². The molecule has 0 saturated carbocycles. The number of nitrogens with zero attached hydrogens (tertiary/aromatic N) is 1. The van der Waals surface area contributed by atoms with Crippen LogP contribution in [0, 0.1) is 11.6 Å². The van der Waals surface area contributed by atoms with Crippen LogP contribution in [0.4, 0.5) is 20.2 Å². The zero-order valence-corrected chi connectivity index (χ0v) is 11.3. The summed E-state index contributed by atoms with van der Waals surface area (Å²) in [6.07, 6.45) is 0. The minimum atomic E-state index is -0.760. The van der Waals surface area contributed by atoms with Crippen LogP contribution in [-0.2, 0) is 4.79 Å². The van der Waals surface area contributed by atoms with E-state index in [4.69, 9.17) is 10.5 Å². The molecule has 0 atom stereocenters. The Morgan fingerprint density at radius 1 is 1.14 bits per heavy atom. The number of carbonyl (C=O) groups is 1. The SMILES string of the molecule is CN(C(=O)COc1cc(F)cc(F)c1)c1ccc(N)cc1. The molecule has 0 aliphatic heterocycles. The van der Waals surface area contributed by atoms with Crippen LogP contribution in [0.2, 0.25) is 0 Å². The second-order valence-electron chi connectivity index (χ2n) is 4.44. The fraction of sp³-hybridized carbons (Fsp3) is 0.133. The Morgan fingerprint density at radius 2 is 1.71 bits per heavy atom. The molecule has 110 valence electrons. The third-order valence-electron chi connectivity index (χ3n) is 2.85. The van der Waals surface area contributed by atoms with Gasteiger partial charge in [0, 0.05) is 36.6 Å². The number of carbonyl (C=O) groups excluding carboxylic acids is 1. The van der Waals surface area contributed by atoms with Crippen LogP contribution in [0.25, 0.3) is 0 Å². The minimum absolute atomic E-state index is 0.0356. The number of nitrogens with two attached hydrogens (primary N) is 1. The lowest BCUT2D eigenvalue weighted by Crippen LogP contribution is -2.31. The molecule has 2 rings (SSSR count). The second kappa shape index (κ2) is 6.21. The molecule has 1 amide bonds. The van der Waals surface area contributed by atoms with Gasteiger partial charge >= 0.3 is 0 Å². The summed E-state index contributed by atoms with van der Waals surface area (Å²) in [4.78, 5) is 13.3. The number of likely N-dealkylation sites (N-methyl/N-ethyl adjacent to an activating group) is 1. The summed E-state index contributed by atoms with van der Waals surface area (Å²) in [6, 6.07) is 9.47. The summed E-state index contributed by atoms with van der Waals surface area (Å²) >= 11 is 0. The number of rotatable bonds is 4. The van der Waals surface area contributed by atoms with Gasteiger partial charge in [0.1, 0.15) is 17.4 Å². The predicted molar refractivity (Wildman–Crippen MR) is 76.1 cm³/mol. The third-order valence-corrected chi connectivity index (χ3v) is 2.85. The lowest BCUT2D eigenvalue weighted by molar-refractivity contribution is -0.120. The monoisotopic (exact) mass is 292 g/mol. The van der Waals surface area contributed by atoms with Gasteiger partial charge in [0.15, 0.2) is 6.61 Å². The van der Waals surface area contributed by atoms with E-state index >= 15 is 0 Å². The highest BCUT2D eigenvalue weighted by molar-refractivity contribution is 5.94. The van der Waals surface area contributed by atoms with E-state index in [9.17, 15) is 13.6 Å². The highest BCUT2D eigenvalue weighted by Crippen LogP contribution is 2.17. The molecular weight excluding hydrogens is 278 g/mol. The quantitative estimate of drug-likeness (QED) is 0.881. The van der Waals surface area contributed by atoms with Crippen LogP contribution >= 0.6 is 0 Å². The Bertz CT molecular complexity index is 624. The number of nitrogen functional groups attached to an aromatic ring is 1. The Hall–Kier alpha value is -2.63. The molecule has 2 aromatic rings. The summed E-state index contributed by atoms with van der Waals surface area (Å²) in [6.45, 7) is -0.330. The first-order chi connectivity index (χ1) is 9.95. The zero-order chi connectivity index (χ0) is 15.4. The maximum absolute atomic E-state index is 13.0. The highest BCUT2D eigenvalue weighted by Gasteiger charge is 2.12. The van der Waals surface area contributed by atoms with Gasteiger partial charge in [-0.1, -0.05) is 0 Å². The molecular formula is C15H14F2N2O2. The van der Waals surface area contributed by atoms with Gasteiger partial charge in [0.05, 0.1) is 0 Å². The number of hydrogen-bond donors (Lipinski definition) is 1. The molecule has 2 N–H and O–H groups in total. The third kappa shape index (κ3) is 3.92. The first-order valence-electron chi connectivity index (χ1n) is 6.16. The van der Waals surface area contributed by atoms with Gasteiger partial charge in [-0.25, -0.2) is 8.78 Å². The van der Waals surface area contributed by atoms with Gasteiger partial charge in [0.2, 0.25) is 0 Å². The number of hydrogen-bond acceptors (Lipinski definition) is 3. The number of anilines is 2. The van der Waals surface area contributed by atoms with Crippen LogP contribution in [0.15, 0.2) is 42.5 Å². The van der Waals surface area contributed by atoms with Crippen molar-refractivity contribution >= 4 is 17.3 Å². The Labute approximate surface area is 120 Å². The molecule has 0 aromatic heterocycles. The predicted octanol–water partition coefficient (Wildman–Crippen LogP) is 2.59. The van der Waals surface area contributed by atoms with E-state index in [1.165, 1.54) is 4.90 Å². The van der Waals surface area contributed by atoms with Crippen molar-refractivity contribution in [1.29, 1.82) is 0 Å². The summed E-state index contributed by atoms with van der Waals surface area (Å²) < 4.78 is 31.1. The molecule has 0 bridgehead atoms. The Morgan fingerprint density at radius 3 is 2.29 bits per heavy atom. The number of amides is 1. The lowest BCUT2D eigenvalue weighted by atomic mass is 10.2. The molecule has 0 aliphatic carbocycles. The molecule has 0 radical (unpaired) electrons. The van der Waals surface area contributed by atoms with E-state index in [0.29, 0.717) is 11.4 Å². The summed E-state index contributed by atoms with van der Waals surface area (Å²) in [7, 11) is 1.57. The van der Waals surface area contributed by atoms with Crippen LogP contribution in [0.1, 0.15) is 0 Å². The van der Waals surface area contributed by atoms with Gasteiger partial charge in [0.25, 0.3) is 5.91 Å². The fourth-order valence-electron chi connectivity index (χ4n) is 1.70. The van der Waals surface area contributed by atoms with E-state index in [2.05, 4.69) is 0 Å². The number of ether oxygens (including phenoxy) is 1. The van der Waals surface area contributed by atoms with Crippen LogP contribution < -0.4 is 15.4 Å². The minimum Gasteiger partial charge on any atom is -0.484 e. The summed E-state index contributed by atoms with van der Waals surface area (Å²) in [5.41, 5.74) is 6.80. The fourth-order valence-corrected chi connectivity index (χ4v) is 1.70. The summed E-state index contributed by atoms with van der Waals surface area (Å²) in [5.74, 6) is -1.91. The highest BCUT2D eigenvalue weighted by atomic mass is 19.1. The van der Waals surface area contributed by atoms with Crippen molar-refractivity contribution in [1.82, 2.24) is 0 Å². The van der Waals surface area contributed by atoms with E-state index in [0.717, 1.165) is 18.2 Å². The second-order valence-corrected chi connectivity index (χ2v) is 4.44.